The van der Waals surface area contributed by atoms with E-state index in [0.717, 1.165) is 5.56 Å². The molecular formula is C20H16FN3O3S2. The van der Waals surface area contributed by atoms with Gasteiger partial charge in [0.25, 0.3) is 15.9 Å². The van der Waals surface area contributed by atoms with Crippen molar-refractivity contribution in [3.63, 3.8) is 0 Å². The summed E-state index contributed by atoms with van der Waals surface area (Å²) in [4.78, 5) is 5.59. The average molecular weight is 429 g/mol. The first-order valence-corrected chi connectivity index (χ1v) is 10.9. The molecule has 29 heavy (non-hydrogen) atoms. The molecule has 2 aromatic carbocycles. The number of rotatable bonds is 5. The zero-order valence-electron chi connectivity index (χ0n) is 15.5. The maximum Gasteiger partial charge on any atom is 0.268 e. The van der Waals surface area contributed by atoms with Gasteiger partial charge in [-0.1, -0.05) is 22.9 Å². The van der Waals surface area contributed by atoms with Gasteiger partial charge in [0, 0.05) is 16.1 Å². The molecule has 0 saturated heterocycles. The van der Waals surface area contributed by atoms with E-state index < -0.39 is 10.0 Å². The molecule has 2 heterocycles. The SMILES string of the molecule is Cc1ccc(NS(=O)(=O)c2cc(-c3nc(-c4ccc(F)cc4)no3)sc2C)cc1. The number of halogens is 1. The predicted octanol–water partition coefficient (Wildman–Crippen LogP) is 5.02. The normalized spacial score (nSPS) is 11.6. The Bertz CT molecular complexity index is 1260. The Morgan fingerprint density at radius 3 is 2.41 bits per heavy atom. The van der Waals surface area contributed by atoms with E-state index in [9.17, 15) is 12.8 Å². The number of sulfonamides is 1. The molecule has 0 unspecified atom stereocenters. The highest BCUT2D eigenvalue weighted by molar-refractivity contribution is 7.93. The van der Waals surface area contributed by atoms with Crippen LogP contribution in [-0.2, 0) is 10.0 Å². The minimum atomic E-state index is -3.77. The minimum absolute atomic E-state index is 0.152. The number of aromatic nitrogens is 2. The summed E-state index contributed by atoms with van der Waals surface area (Å²) in [5, 5.41) is 3.90. The van der Waals surface area contributed by atoms with Crippen molar-refractivity contribution < 1.29 is 17.3 Å². The average Bonchev–Trinajstić information content (AvgIpc) is 3.31. The number of nitrogens with one attached hydrogen (secondary N) is 1. The van der Waals surface area contributed by atoms with E-state index in [1.54, 1.807) is 31.2 Å². The number of hydrogen-bond acceptors (Lipinski definition) is 6. The number of nitrogens with zero attached hydrogens (tertiary/aromatic N) is 2. The van der Waals surface area contributed by atoms with E-state index in [-0.39, 0.29) is 16.6 Å². The molecular weight excluding hydrogens is 413 g/mol. The van der Waals surface area contributed by atoms with Gasteiger partial charge in [-0.15, -0.1) is 11.3 Å². The highest BCUT2D eigenvalue weighted by Gasteiger charge is 2.23. The molecule has 2 aromatic heterocycles. The Morgan fingerprint density at radius 2 is 1.72 bits per heavy atom. The van der Waals surface area contributed by atoms with E-state index in [0.29, 0.717) is 26.8 Å². The lowest BCUT2D eigenvalue weighted by Gasteiger charge is -2.07. The van der Waals surface area contributed by atoms with Gasteiger partial charge in [0.1, 0.15) is 10.7 Å². The van der Waals surface area contributed by atoms with Crippen molar-refractivity contribution in [1.82, 2.24) is 10.1 Å². The molecule has 0 radical (unpaired) electrons. The van der Waals surface area contributed by atoms with E-state index in [4.69, 9.17) is 4.52 Å². The molecule has 0 aliphatic rings. The van der Waals surface area contributed by atoms with E-state index in [1.165, 1.54) is 29.5 Å². The third kappa shape index (κ3) is 4.06. The van der Waals surface area contributed by atoms with Crippen molar-refractivity contribution in [1.29, 1.82) is 0 Å². The molecule has 0 aliphatic heterocycles. The van der Waals surface area contributed by atoms with Crippen LogP contribution < -0.4 is 4.72 Å². The third-order valence-electron chi connectivity index (χ3n) is 4.20. The second kappa shape index (κ2) is 7.41. The second-order valence-electron chi connectivity index (χ2n) is 6.43. The summed E-state index contributed by atoms with van der Waals surface area (Å²) in [5.74, 6) is 0.143. The molecule has 0 saturated carbocycles. The molecule has 0 spiro atoms. The molecule has 0 atom stereocenters. The van der Waals surface area contributed by atoms with Crippen LogP contribution in [0.3, 0.4) is 0 Å². The largest absolute Gasteiger partial charge is 0.333 e. The number of hydrogen-bond donors (Lipinski definition) is 1. The Labute approximate surface area is 171 Å². The van der Waals surface area contributed by atoms with E-state index in [1.807, 2.05) is 19.1 Å². The fraction of sp³-hybridized carbons (Fsp3) is 0.100. The van der Waals surface area contributed by atoms with Gasteiger partial charge >= 0.3 is 0 Å². The van der Waals surface area contributed by atoms with Crippen molar-refractivity contribution in [3.05, 3.63) is 70.9 Å². The lowest BCUT2D eigenvalue weighted by molar-refractivity contribution is 0.433. The van der Waals surface area contributed by atoms with Crippen LogP contribution in [0.4, 0.5) is 10.1 Å². The smallest absolute Gasteiger partial charge is 0.268 e. The highest BCUT2D eigenvalue weighted by Crippen LogP contribution is 2.34. The monoisotopic (exact) mass is 429 g/mol. The molecule has 148 valence electrons. The van der Waals surface area contributed by atoms with Crippen LogP contribution in [0, 0.1) is 19.7 Å². The van der Waals surface area contributed by atoms with Gasteiger partial charge in [-0.2, -0.15) is 4.98 Å². The van der Waals surface area contributed by atoms with Gasteiger partial charge in [-0.25, -0.2) is 12.8 Å². The topological polar surface area (TPSA) is 85.1 Å². The molecule has 4 rings (SSSR count). The van der Waals surface area contributed by atoms with Gasteiger partial charge in [-0.05, 0) is 56.3 Å². The van der Waals surface area contributed by atoms with Crippen LogP contribution in [0.25, 0.3) is 22.2 Å². The minimum Gasteiger partial charge on any atom is -0.333 e. The summed E-state index contributed by atoms with van der Waals surface area (Å²) in [6.07, 6.45) is 0. The summed E-state index contributed by atoms with van der Waals surface area (Å²) in [5.41, 5.74) is 2.12. The molecule has 1 N–H and O–H groups in total. The lowest BCUT2D eigenvalue weighted by Crippen LogP contribution is -2.13. The van der Waals surface area contributed by atoms with Gasteiger partial charge in [0.2, 0.25) is 5.82 Å². The van der Waals surface area contributed by atoms with Gasteiger partial charge in [0.15, 0.2) is 0 Å². The van der Waals surface area contributed by atoms with Crippen LogP contribution in [0.1, 0.15) is 10.4 Å². The number of benzene rings is 2. The maximum atomic E-state index is 13.1. The van der Waals surface area contributed by atoms with Crippen LogP contribution in [0.5, 0.6) is 0 Å². The summed E-state index contributed by atoms with van der Waals surface area (Å²) in [6, 6.07) is 14.3. The zero-order valence-corrected chi connectivity index (χ0v) is 17.1. The molecule has 9 heteroatoms. The second-order valence-corrected chi connectivity index (χ2v) is 9.34. The van der Waals surface area contributed by atoms with E-state index >= 15 is 0 Å². The van der Waals surface area contributed by atoms with Crippen molar-refractivity contribution in [3.8, 4) is 22.2 Å². The first kappa shape index (κ1) is 19.3. The van der Waals surface area contributed by atoms with Gasteiger partial charge in [0.05, 0.1) is 4.88 Å². The van der Waals surface area contributed by atoms with Crippen LogP contribution in [0.15, 0.2) is 64.0 Å². The Kier molecular flexibility index (Phi) is 4.93. The van der Waals surface area contributed by atoms with Crippen LogP contribution in [-0.4, -0.2) is 18.6 Å². The number of thiophene rings is 1. The van der Waals surface area contributed by atoms with Crippen molar-refractivity contribution in [2.45, 2.75) is 18.7 Å². The molecule has 6 nitrogen and oxygen atoms in total. The lowest BCUT2D eigenvalue weighted by atomic mass is 10.2. The third-order valence-corrected chi connectivity index (χ3v) is 6.88. The quantitative estimate of drug-likeness (QED) is 0.481. The fourth-order valence-electron chi connectivity index (χ4n) is 2.71. The Balaban J connectivity index is 1.62. The molecule has 0 aliphatic carbocycles. The Morgan fingerprint density at radius 1 is 1.03 bits per heavy atom. The molecule has 0 amide bonds. The highest BCUT2D eigenvalue weighted by atomic mass is 32.2. The van der Waals surface area contributed by atoms with Gasteiger partial charge < -0.3 is 4.52 Å². The van der Waals surface area contributed by atoms with Crippen LogP contribution in [0.2, 0.25) is 0 Å². The van der Waals surface area contributed by atoms with E-state index in [2.05, 4.69) is 14.9 Å². The first-order valence-electron chi connectivity index (χ1n) is 8.62. The van der Waals surface area contributed by atoms with Crippen molar-refractivity contribution in [2.24, 2.45) is 0 Å². The van der Waals surface area contributed by atoms with Crippen molar-refractivity contribution >= 4 is 27.0 Å². The molecule has 0 bridgehead atoms. The molecule has 0 fully saturated rings. The zero-order chi connectivity index (χ0) is 20.6. The Hall–Kier alpha value is -3.04. The first-order chi connectivity index (χ1) is 13.8. The summed E-state index contributed by atoms with van der Waals surface area (Å²) >= 11 is 1.24. The van der Waals surface area contributed by atoms with Gasteiger partial charge in [-0.3, -0.25) is 4.72 Å². The predicted molar refractivity (Wildman–Crippen MR) is 110 cm³/mol. The van der Waals surface area contributed by atoms with Crippen LogP contribution >= 0.6 is 11.3 Å². The standard InChI is InChI=1S/C20H16FN3O3S2/c1-12-3-9-16(10-4-12)24-29(25,26)18-11-17(28-13(18)2)20-22-19(23-27-20)14-5-7-15(21)8-6-14/h3-11,24H,1-2H3. The number of anilines is 1. The number of aryl methyl sites for hydroxylation is 2. The summed E-state index contributed by atoms with van der Waals surface area (Å²) in [6.45, 7) is 3.65. The molecule has 4 aromatic rings. The fourth-order valence-corrected chi connectivity index (χ4v) is 5.28. The maximum absolute atomic E-state index is 13.1. The van der Waals surface area contributed by atoms with Crippen molar-refractivity contribution in [2.75, 3.05) is 4.72 Å². The summed E-state index contributed by atoms with van der Waals surface area (Å²) in [7, 11) is -3.77. The summed E-state index contributed by atoms with van der Waals surface area (Å²) < 4.78 is 46.6.